The number of nitrogens with zero attached hydrogens (tertiary/aromatic N) is 1. The zero-order chi connectivity index (χ0) is 12.3. The summed E-state index contributed by atoms with van der Waals surface area (Å²) in [5, 5.41) is 2.84. The molecule has 3 N–H and O–H groups in total. The van der Waals surface area contributed by atoms with Crippen molar-refractivity contribution >= 4 is 6.03 Å². The predicted molar refractivity (Wildman–Crippen MR) is 62.9 cm³/mol. The lowest BCUT2D eigenvalue weighted by Gasteiger charge is -2.13. The van der Waals surface area contributed by atoms with Crippen molar-refractivity contribution in [1.29, 1.82) is 0 Å². The fraction of sp³-hybridized carbons (Fsp3) is 0.417. The highest BCUT2D eigenvalue weighted by molar-refractivity contribution is 5.77. The molecule has 5 heteroatoms. The second kappa shape index (κ2) is 5.14. The van der Waals surface area contributed by atoms with Gasteiger partial charge in [0.1, 0.15) is 5.82 Å². The van der Waals surface area contributed by atoms with E-state index in [9.17, 15) is 9.18 Å². The van der Waals surface area contributed by atoms with Gasteiger partial charge in [0.15, 0.2) is 0 Å². The zero-order valence-electron chi connectivity index (χ0n) is 9.53. The molecular weight excluding hydrogens is 221 g/mol. The Hall–Kier alpha value is -1.62. The van der Waals surface area contributed by atoms with Crippen LogP contribution in [0, 0.1) is 5.82 Å². The summed E-state index contributed by atoms with van der Waals surface area (Å²) in [5.74, 6) is -0.280. The first kappa shape index (κ1) is 11.9. The van der Waals surface area contributed by atoms with Crippen molar-refractivity contribution in [3.8, 4) is 0 Å². The Balaban J connectivity index is 2.03. The molecule has 1 aliphatic heterocycles. The number of urea groups is 1. The fourth-order valence-electron chi connectivity index (χ4n) is 1.98. The van der Waals surface area contributed by atoms with Gasteiger partial charge in [-0.05, 0) is 30.7 Å². The number of nitrogens with one attached hydrogen (secondary N) is 1. The highest BCUT2D eigenvalue weighted by atomic mass is 19.1. The maximum absolute atomic E-state index is 13.1. The van der Waals surface area contributed by atoms with Crippen molar-refractivity contribution < 1.29 is 9.18 Å². The summed E-state index contributed by atoms with van der Waals surface area (Å²) in [7, 11) is 0. The van der Waals surface area contributed by atoms with Crippen LogP contribution in [0.5, 0.6) is 0 Å². The quantitative estimate of drug-likeness (QED) is 0.827. The third kappa shape index (κ3) is 2.74. The number of rotatable bonds is 4. The number of halogens is 1. The second-order valence-electron chi connectivity index (χ2n) is 4.15. The van der Waals surface area contributed by atoms with E-state index < -0.39 is 0 Å². The summed E-state index contributed by atoms with van der Waals surface area (Å²) in [4.78, 5) is 13.3. The van der Waals surface area contributed by atoms with E-state index in [1.807, 2.05) is 6.07 Å². The highest BCUT2D eigenvalue weighted by Gasteiger charge is 2.29. The van der Waals surface area contributed by atoms with Gasteiger partial charge < -0.3 is 16.0 Å². The molecule has 1 saturated heterocycles. The summed E-state index contributed by atoms with van der Waals surface area (Å²) in [6.45, 7) is 1.78. The van der Waals surface area contributed by atoms with Crippen LogP contribution in [-0.4, -0.2) is 30.6 Å². The molecule has 2 rings (SSSR count). The van der Waals surface area contributed by atoms with E-state index in [0.717, 1.165) is 12.0 Å². The largest absolute Gasteiger partial charge is 0.330 e. The van der Waals surface area contributed by atoms with E-state index in [-0.39, 0.29) is 17.9 Å². The lowest BCUT2D eigenvalue weighted by molar-refractivity contribution is 0.217. The van der Waals surface area contributed by atoms with Crippen molar-refractivity contribution in [3.63, 3.8) is 0 Å². The zero-order valence-corrected chi connectivity index (χ0v) is 9.53. The number of carbonyl (C=O) groups excluding carboxylic acids is 1. The number of carbonyl (C=O) groups is 1. The molecule has 1 aromatic rings. The minimum Gasteiger partial charge on any atom is -0.330 e. The molecule has 1 atom stereocenters. The Kier molecular flexibility index (Phi) is 3.58. The summed E-state index contributed by atoms with van der Waals surface area (Å²) in [6.07, 6.45) is 0.781. The van der Waals surface area contributed by atoms with Gasteiger partial charge in [-0.25, -0.2) is 9.18 Å². The van der Waals surface area contributed by atoms with E-state index >= 15 is 0 Å². The number of nitrogens with two attached hydrogens (primary N) is 1. The number of hydrogen-bond acceptors (Lipinski definition) is 2. The van der Waals surface area contributed by atoms with Crippen molar-refractivity contribution in [3.05, 3.63) is 35.6 Å². The lowest BCUT2D eigenvalue weighted by atomic mass is 10.1. The molecule has 1 unspecified atom stereocenters. The molecule has 17 heavy (non-hydrogen) atoms. The first-order valence-electron chi connectivity index (χ1n) is 5.71. The molecule has 0 saturated carbocycles. The van der Waals surface area contributed by atoms with Crippen LogP contribution >= 0.6 is 0 Å². The molecule has 0 aromatic heterocycles. The van der Waals surface area contributed by atoms with E-state index in [2.05, 4.69) is 5.32 Å². The van der Waals surface area contributed by atoms with E-state index in [1.165, 1.54) is 12.1 Å². The van der Waals surface area contributed by atoms with Crippen LogP contribution in [-0.2, 0) is 0 Å². The van der Waals surface area contributed by atoms with Crippen molar-refractivity contribution in [1.82, 2.24) is 10.2 Å². The van der Waals surface area contributed by atoms with Gasteiger partial charge in [0.05, 0.1) is 6.04 Å². The monoisotopic (exact) mass is 237 g/mol. The molecule has 1 aliphatic rings. The SMILES string of the molecule is NCCCN1CC(c2cccc(F)c2)NC1=O. The molecule has 1 aromatic carbocycles. The smallest absolute Gasteiger partial charge is 0.318 e. The molecular formula is C12H16FN3O. The van der Waals surface area contributed by atoms with Crippen LogP contribution in [0.1, 0.15) is 18.0 Å². The van der Waals surface area contributed by atoms with Crippen molar-refractivity contribution in [2.75, 3.05) is 19.6 Å². The number of hydrogen-bond donors (Lipinski definition) is 2. The standard InChI is InChI=1S/C12H16FN3O/c13-10-4-1-3-9(7-10)11-8-16(6-2-5-14)12(17)15-11/h1,3-4,7,11H,2,5-6,8,14H2,(H,15,17). The van der Waals surface area contributed by atoms with Crippen molar-refractivity contribution in [2.45, 2.75) is 12.5 Å². The topological polar surface area (TPSA) is 58.4 Å². The molecule has 0 bridgehead atoms. The molecule has 0 radical (unpaired) electrons. The Morgan fingerprint density at radius 2 is 2.35 bits per heavy atom. The van der Waals surface area contributed by atoms with Gasteiger partial charge in [-0.3, -0.25) is 0 Å². The first-order valence-corrected chi connectivity index (χ1v) is 5.71. The lowest BCUT2D eigenvalue weighted by Crippen LogP contribution is -2.30. The van der Waals surface area contributed by atoms with Crippen LogP contribution in [0.4, 0.5) is 9.18 Å². The third-order valence-corrected chi connectivity index (χ3v) is 2.87. The number of amides is 2. The van der Waals surface area contributed by atoms with Gasteiger partial charge in [0, 0.05) is 13.1 Å². The van der Waals surface area contributed by atoms with Gasteiger partial charge in [-0.15, -0.1) is 0 Å². The molecule has 0 spiro atoms. The summed E-state index contributed by atoms with van der Waals surface area (Å²) in [6, 6.07) is 6.09. The Morgan fingerprint density at radius 3 is 3.06 bits per heavy atom. The summed E-state index contributed by atoms with van der Waals surface area (Å²) < 4.78 is 13.1. The maximum Gasteiger partial charge on any atom is 0.318 e. The minimum absolute atomic E-state index is 0.104. The maximum atomic E-state index is 13.1. The normalized spacial score (nSPS) is 19.5. The van der Waals surface area contributed by atoms with Crippen LogP contribution in [0.2, 0.25) is 0 Å². The average Bonchev–Trinajstić information content (AvgIpc) is 2.68. The van der Waals surface area contributed by atoms with Gasteiger partial charge in [0.25, 0.3) is 0 Å². The summed E-state index contributed by atoms with van der Waals surface area (Å²) in [5.41, 5.74) is 6.21. The molecule has 4 nitrogen and oxygen atoms in total. The molecule has 0 aliphatic carbocycles. The Morgan fingerprint density at radius 1 is 1.53 bits per heavy atom. The first-order chi connectivity index (χ1) is 8.20. The van der Waals surface area contributed by atoms with Crippen LogP contribution in [0.3, 0.4) is 0 Å². The van der Waals surface area contributed by atoms with Crippen LogP contribution < -0.4 is 11.1 Å². The minimum atomic E-state index is -0.280. The predicted octanol–water partition coefficient (Wildman–Crippen LogP) is 1.24. The molecule has 1 fully saturated rings. The van der Waals surface area contributed by atoms with Gasteiger partial charge in [0.2, 0.25) is 0 Å². The van der Waals surface area contributed by atoms with E-state index in [1.54, 1.807) is 11.0 Å². The molecule has 2 amide bonds. The van der Waals surface area contributed by atoms with Gasteiger partial charge in [-0.1, -0.05) is 12.1 Å². The van der Waals surface area contributed by atoms with Crippen molar-refractivity contribution in [2.24, 2.45) is 5.73 Å². The van der Waals surface area contributed by atoms with E-state index in [0.29, 0.717) is 19.6 Å². The van der Waals surface area contributed by atoms with E-state index in [4.69, 9.17) is 5.73 Å². The highest BCUT2D eigenvalue weighted by Crippen LogP contribution is 2.20. The Bertz CT molecular complexity index is 410. The summed E-state index contributed by atoms with van der Waals surface area (Å²) >= 11 is 0. The third-order valence-electron chi connectivity index (χ3n) is 2.87. The average molecular weight is 237 g/mol. The molecule has 92 valence electrons. The Labute approximate surface area is 99.6 Å². The van der Waals surface area contributed by atoms with Gasteiger partial charge >= 0.3 is 6.03 Å². The van der Waals surface area contributed by atoms with Crippen LogP contribution in [0.15, 0.2) is 24.3 Å². The molecule has 1 heterocycles. The second-order valence-corrected chi connectivity index (χ2v) is 4.15. The fourth-order valence-corrected chi connectivity index (χ4v) is 1.98. The number of benzene rings is 1. The van der Waals surface area contributed by atoms with Crippen LogP contribution in [0.25, 0.3) is 0 Å². The van der Waals surface area contributed by atoms with Gasteiger partial charge in [-0.2, -0.15) is 0 Å².